The Bertz CT molecular complexity index is 1480. The molecule has 0 aromatic heterocycles. The number of nitrogens with zero attached hydrogens (tertiary/aromatic N) is 1. The van der Waals surface area contributed by atoms with E-state index >= 15 is 0 Å². The number of amides is 3. The first-order valence-corrected chi connectivity index (χ1v) is 12.4. The van der Waals surface area contributed by atoms with E-state index < -0.39 is 17.8 Å². The number of nitrogens with one attached hydrogen (secondary N) is 2. The third-order valence-electron chi connectivity index (χ3n) is 5.85. The number of para-hydroxylation sites is 1. The molecule has 0 spiro atoms. The summed E-state index contributed by atoms with van der Waals surface area (Å²) in [5, 5.41) is 5.42. The van der Waals surface area contributed by atoms with Gasteiger partial charge in [-0.3, -0.25) is 14.4 Å². The van der Waals surface area contributed by atoms with Gasteiger partial charge < -0.3 is 15.4 Å². The molecule has 1 heterocycles. The summed E-state index contributed by atoms with van der Waals surface area (Å²) in [7, 11) is 0. The molecule has 194 valence electrons. The topological polar surface area (TPSA) is 105 Å². The molecular weight excluding hydrogens is 506 g/mol. The smallest absolute Gasteiger partial charge is 0.340 e. The van der Waals surface area contributed by atoms with Crippen molar-refractivity contribution < 1.29 is 23.9 Å². The van der Waals surface area contributed by atoms with Crippen LogP contribution in [-0.4, -0.2) is 30.3 Å². The van der Waals surface area contributed by atoms with Crippen LogP contribution in [0.3, 0.4) is 0 Å². The zero-order valence-corrected chi connectivity index (χ0v) is 21.9. The summed E-state index contributed by atoms with van der Waals surface area (Å²) in [6.45, 7) is 5.94. The van der Waals surface area contributed by atoms with E-state index in [2.05, 4.69) is 10.6 Å². The molecule has 0 unspecified atom stereocenters. The molecule has 0 atom stereocenters. The number of ether oxygens (including phenoxy) is 1. The SMILES string of the molecule is CCCOC(=O)c1ccccc1N1C(=O)C(Cl)=C(Nc2cccc(C(=O)Nc3ccc(C)cc3C)c2)C1=O. The summed E-state index contributed by atoms with van der Waals surface area (Å²) in [6.07, 6.45) is 0.624. The van der Waals surface area contributed by atoms with Gasteiger partial charge >= 0.3 is 5.97 Å². The van der Waals surface area contributed by atoms with Crippen LogP contribution in [0.5, 0.6) is 0 Å². The summed E-state index contributed by atoms with van der Waals surface area (Å²) in [5.41, 5.74) is 3.39. The quantitative estimate of drug-likeness (QED) is 0.291. The monoisotopic (exact) mass is 531 g/mol. The number of halogens is 1. The summed E-state index contributed by atoms with van der Waals surface area (Å²) >= 11 is 6.28. The Morgan fingerprint density at radius 2 is 1.71 bits per heavy atom. The van der Waals surface area contributed by atoms with Crippen molar-refractivity contribution in [3.8, 4) is 0 Å². The number of hydrogen-bond donors (Lipinski definition) is 2. The molecule has 3 aromatic carbocycles. The largest absolute Gasteiger partial charge is 0.462 e. The van der Waals surface area contributed by atoms with E-state index in [9.17, 15) is 19.2 Å². The highest BCUT2D eigenvalue weighted by Crippen LogP contribution is 2.32. The number of anilines is 3. The van der Waals surface area contributed by atoms with Gasteiger partial charge in [-0.25, -0.2) is 9.69 Å². The van der Waals surface area contributed by atoms with E-state index in [4.69, 9.17) is 16.3 Å². The Balaban J connectivity index is 1.56. The number of rotatable bonds is 8. The highest BCUT2D eigenvalue weighted by atomic mass is 35.5. The van der Waals surface area contributed by atoms with Crippen LogP contribution in [-0.2, 0) is 14.3 Å². The van der Waals surface area contributed by atoms with Gasteiger partial charge in [0.05, 0.1) is 17.9 Å². The number of carbonyl (C=O) groups excluding carboxylic acids is 4. The first-order chi connectivity index (χ1) is 18.2. The maximum Gasteiger partial charge on any atom is 0.340 e. The Hall–Kier alpha value is -4.43. The Morgan fingerprint density at radius 3 is 2.45 bits per heavy atom. The third-order valence-corrected chi connectivity index (χ3v) is 6.20. The highest BCUT2D eigenvalue weighted by Gasteiger charge is 2.40. The lowest BCUT2D eigenvalue weighted by atomic mass is 10.1. The summed E-state index contributed by atoms with van der Waals surface area (Å²) in [5.74, 6) is -2.50. The van der Waals surface area contributed by atoms with Crippen molar-refractivity contribution >= 4 is 52.4 Å². The number of hydrogen-bond acceptors (Lipinski definition) is 6. The molecule has 8 nitrogen and oxygen atoms in total. The minimum Gasteiger partial charge on any atom is -0.462 e. The fourth-order valence-electron chi connectivity index (χ4n) is 3.97. The van der Waals surface area contributed by atoms with Gasteiger partial charge in [0.2, 0.25) is 0 Å². The molecule has 0 saturated carbocycles. The first-order valence-electron chi connectivity index (χ1n) is 12.0. The molecule has 0 radical (unpaired) electrons. The van der Waals surface area contributed by atoms with Crippen molar-refractivity contribution in [3.63, 3.8) is 0 Å². The van der Waals surface area contributed by atoms with Crippen molar-refractivity contribution in [2.24, 2.45) is 0 Å². The number of imide groups is 1. The average molecular weight is 532 g/mol. The number of aryl methyl sites for hydroxylation is 2. The van der Waals surface area contributed by atoms with Crippen molar-refractivity contribution in [1.82, 2.24) is 0 Å². The van der Waals surface area contributed by atoms with Crippen LogP contribution in [0.25, 0.3) is 0 Å². The van der Waals surface area contributed by atoms with Crippen LogP contribution in [0.4, 0.5) is 17.1 Å². The zero-order valence-electron chi connectivity index (χ0n) is 21.1. The lowest BCUT2D eigenvalue weighted by molar-refractivity contribution is -0.120. The second-order valence-corrected chi connectivity index (χ2v) is 9.14. The molecule has 9 heteroatoms. The van der Waals surface area contributed by atoms with Crippen LogP contribution < -0.4 is 15.5 Å². The van der Waals surface area contributed by atoms with Gasteiger partial charge in [0.25, 0.3) is 17.7 Å². The van der Waals surface area contributed by atoms with E-state index in [-0.39, 0.29) is 34.5 Å². The second-order valence-electron chi connectivity index (χ2n) is 8.77. The normalized spacial score (nSPS) is 13.1. The Labute approximate surface area is 225 Å². The van der Waals surface area contributed by atoms with Gasteiger partial charge in [0.1, 0.15) is 10.7 Å². The summed E-state index contributed by atoms with van der Waals surface area (Å²) < 4.78 is 5.20. The molecule has 3 amide bonds. The summed E-state index contributed by atoms with van der Waals surface area (Å²) in [4.78, 5) is 52.6. The fraction of sp³-hybridized carbons (Fsp3) is 0.172. The van der Waals surface area contributed by atoms with Crippen LogP contribution in [0.1, 0.15) is 45.2 Å². The van der Waals surface area contributed by atoms with Crippen molar-refractivity contribution in [3.05, 3.63) is 99.7 Å². The average Bonchev–Trinajstić information content (AvgIpc) is 3.11. The molecule has 2 N–H and O–H groups in total. The van der Waals surface area contributed by atoms with Gasteiger partial charge in [0, 0.05) is 16.9 Å². The van der Waals surface area contributed by atoms with Crippen LogP contribution >= 0.6 is 11.6 Å². The minimum atomic E-state index is -0.779. The molecule has 1 aliphatic heterocycles. The number of esters is 1. The maximum atomic E-state index is 13.3. The number of benzene rings is 3. The van der Waals surface area contributed by atoms with E-state index in [1.807, 2.05) is 39.0 Å². The Kier molecular flexibility index (Phi) is 7.93. The second kappa shape index (κ2) is 11.3. The van der Waals surface area contributed by atoms with Gasteiger partial charge in [-0.05, 0) is 62.2 Å². The van der Waals surface area contributed by atoms with E-state index in [0.29, 0.717) is 23.4 Å². The molecular formula is C29H26ClN3O5. The van der Waals surface area contributed by atoms with Crippen molar-refractivity contribution in [1.29, 1.82) is 0 Å². The molecule has 0 fully saturated rings. The molecule has 3 aromatic rings. The highest BCUT2D eigenvalue weighted by molar-refractivity contribution is 6.53. The molecule has 0 aliphatic carbocycles. The van der Waals surface area contributed by atoms with Crippen LogP contribution in [0, 0.1) is 13.8 Å². The molecule has 0 saturated heterocycles. The van der Waals surface area contributed by atoms with E-state index in [1.54, 1.807) is 36.4 Å². The lowest BCUT2D eigenvalue weighted by Gasteiger charge is -2.18. The van der Waals surface area contributed by atoms with Crippen molar-refractivity contribution in [2.45, 2.75) is 27.2 Å². The Morgan fingerprint density at radius 1 is 0.947 bits per heavy atom. The standard InChI is InChI=1S/C29H26ClN3O5/c1-4-14-38-29(37)21-10-5-6-11-23(21)33-27(35)24(30)25(28(33)36)31-20-9-7-8-19(16-20)26(34)32-22-13-12-17(2)15-18(22)3/h5-13,15-16,31H,4,14H2,1-3H3,(H,32,34). The summed E-state index contributed by atoms with van der Waals surface area (Å²) in [6, 6.07) is 18.3. The maximum absolute atomic E-state index is 13.3. The van der Waals surface area contributed by atoms with Gasteiger partial charge in [-0.2, -0.15) is 0 Å². The molecule has 0 bridgehead atoms. The minimum absolute atomic E-state index is 0.0680. The van der Waals surface area contributed by atoms with Crippen LogP contribution in [0.2, 0.25) is 0 Å². The predicted molar refractivity (Wildman–Crippen MR) is 146 cm³/mol. The zero-order chi connectivity index (χ0) is 27.4. The molecule has 4 rings (SSSR count). The predicted octanol–water partition coefficient (Wildman–Crippen LogP) is 5.56. The third kappa shape index (κ3) is 5.45. The first kappa shape index (κ1) is 26.6. The van der Waals surface area contributed by atoms with Crippen LogP contribution in [0.15, 0.2) is 77.5 Å². The molecule has 38 heavy (non-hydrogen) atoms. The van der Waals surface area contributed by atoms with E-state index in [1.165, 1.54) is 12.1 Å². The fourth-order valence-corrected chi connectivity index (χ4v) is 4.19. The van der Waals surface area contributed by atoms with Gasteiger partial charge in [-0.1, -0.05) is 54.4 Å². The van der Waals surface area contributed by atoms with Crippen molar-refractivity contribution in [2.75, 3.05) is 22.1 Å². The molecule has 1 aliphatic rings. The van der Waals surface area contributed by atoms with Gasteiger partial charge in [-0.15, -0.1) is 0 Å². The van der Waals surface area contributed by atoms with Gasteiger partial charge in [0.15, 0.2) is 0 Å². The lowest BCUT2D eigenvalue weighted by Crippen LogP contribution is -2.33. The van der Waals surface area contributed by atoms with E-state index in [0.717, 1.165) is 16.0 Å². The number of carbonyl (C=O) groups is 4.